The van der Waals surface area contributed by atoms with E-state index in [-0.39, 0.29) is 0 Å². The summed E-state index contributed by atoms with van der Waals surface area (Å²) in [5.74, 6) is 0. The van der Waals surface area contributed by atoms with Crippen molar-refractivity contribution in [3.8, 4) is 0 Å². The molecular weight excluding hydrogens is 1070 g/mol. The smallest absolute Gasteiger partial charge is 0.0468 e. The van der Waals surface area contributed by atoms with Crippen LogP contribution in [0.2, 0.25) is 0 Å². The quantitative estimate of drug-likeness (QED) is 0.123. The monoisotopic (exact) mass is 1120 g/mol. The van der Waals surface area contributed by atoms with Gasteiger partial charge in [0.2, 0.25) is 0 Å². The topological polar surface area (TPSA) is 18.5 Å². The van der Waals surface area contributed by atoms with E-state index in [2.05, 4.69) is 314 Å². The van der Waals surface area contributed by atoms with E-state index in [1.165, 1.54) is 38.2 Å². The minimum absolute atomic E-state index is 1.10. The zero-order chi connectivity index (χ0) is 52.4. The number of halogens is 2. The molecule has 0 heterocycles. The highest BCUT2D eigenvalue weighted by Gasteiger charge is 2.13. The van der Waals surface area contributed by atoms with Gasteiger partial charge in [0.1, 0.15) is 0 Å². The van der Waals surface area contributed by atoms with E-state index in [4.69, 9.17) is 0 Å². The first-order valence-corrected chi connectivity index (χ1v) is 27.2. The van der Waals surface area contributed by atoms with Crippen LogP contribution < -0.4 is 15.1 Å². The van der Waals surface area contributed by atoms with Gasteiger partial charge in [-0.25, -0.2) is 0 Å². The largest absolute Gasteiger partial charge is 0.356 e. The minimum atomic E-state index is 1.10. The summed E-state index contributed by atoms with van der Waals surface area (Å²) in [7, 11) is 0. The molecule has 77 heavy (non-hydrogen) atoms. The Bertz CT molecular complexity index is 3700. The molecule has 372 valence electrons. The van der Waals surface area contributed by atoms with Crippen LogP contribution in [0.25, 0.3) is 45.8 Å². The van der Waals surface area contributed by atoms with Crippen molar-refractivity contribution in [1.82, 2.24) is 0 Å². The van der Waals surface area contributed by atoms with Crippen molar-refractivity contribution in [3.63, 3.8) is 0 Å². The molecule has 0 aliphatic heterocycles. The van der Waals surface area contributed by atoms with E-state index in [1.807, 2.05) is 60.7 Å². The summed E-state index contributed by atoms with van der Waals surface area (Å²) in [5, 5.41) is 8.24. The maximum Gasteiger partial charge on any atom is 0.0468 e. The number of anilines is 8. The van der Waals surface area contributed by atoms with Crippen molar-refractivity contribution in [2.24, 2.45) is 0 Å². The molecule has 12 aromatic rings. The van der Waals surface area contributed by atoms with Crippen LogP contribution in [0, 0.1) is 0 Å². The van der Waals surface area contributed by atoms with Crippen molar-refractivity contribution < 1.29 is 0 Å². The lowest BCUT2D eigenvalue weighted by Crippen LogP contribution is -2.09. The Balaban J connectivity index is 0.000000166. The van der Waals surface area contributed by atoms with E-state index in [9.17, 15) is 0 Å². The third-order valence-electron chi connectivity index (χ3n) is 12.8. The fourth-order valence-corrected chi connectivity index (χ4v) is 9.58. The molecule has 12 rings (SSSR count). The van der Waals surface area contributed by atoms with Crippen molar-refractivity contribution >= 4 is 123 Å². The molecule has 0 atom stereocenters. The molecule has 0 spiro atoms. The molecule has 0 saturated heterocycles. The van der Waals surface area contributed by atoms with Gasteiger partial charge in [-0.1, -0.05) is 226 Å². The van der Waals surface area contributed by atoms with Gasteiger partial charge in [0.05, 0.1) is 0 Å². The lowest BCUT2D eigenvalue weighted by molar-refractivity contribution is 1.28. The summed E-state index contributed by atoms with van der Waals surface area (Å²) in [6.45, 7) is 0. The third kappa shape index (κ3) is 14.2. The van der Waals surface area contributed by atoms with E-state index < -0.39 is 0 Å². The molecule has 0 unspecified atom stereocenters. The van der Waals surface area contributed by atoms with Gasteiger partial charge in [-0.15, -0.1) is 0 Å². The van der Waals surface area contributed by atoms with Gasteiger partial charge in [0.15, 0.2) is 0 Å². The average molecular weight is 1120 g/mol. The molecule has 0 saturated carbocycles. The Morgan fingerprint density at radius 3 is 0.961 bits per heavy atom. The van der Waals surface area contributed by atoms with Gasteiger partial charge in [-0.3, -0.25) is 0 Å². The number of rotatable bonds is 12. The van der Waals surface area contributed by atoms with Gasteiger partial charge in [0.25, 0.3) is 0 Å². The molecule has 0 fully saturated rings. The van der Waals surface area contributed by atoms with Gasteiger partial charge in [-0.2, -0.15) is 0 Å². The average Bonchev–Trinajstić information content (AvgIpc) is 3.49. The van der Waals surface area contributed by atoms with Crippen LogP contribution in [-0.2, 0) is 0 Å². The van der Waals surface area contributed by atoms with Crippen molar-refractivity contribution in [1.29, 1.82) is 0 Å². The number of hydrogen-bond donors (Lipinski definition) is 1. The number of fused-ring (bicyclic) bond motifs is 2. The van der Waals surface area contributed by atoms with E-state index in [1.54, 1.807) is 0 Å². The highest BCUT2D eigenvalue weighted by molar-refractivity contribution is 9.10. The Morgan fingerprint density at radius 1 is 0.234 bits per heavy atom. The molecule has 0 aliphatic rings. The summed E-state index contributed by atoms with van der Waals surface area (Å²) < 4.78 is 2.22. The molecule has 1 N–H and O–H groups in total. The zero-order valence-electron chi connectivity index (χ0n) is 42.3. The molecule has 0 aliphatic carbocycles. The lowest BCUT2D eigenvalue weighted by atomic mass is 10.0. The Morgan fingerprint density at radius 2 is 0.519 bits per heavy atom. The van der Waals surface area contributed by atoms with Gasteiger partial charge in [-0.05, 0) is 177 Å². The molecule has 12 aromatic carbocycles. The Kier molecular flexibility index (Phi) is 17.4. The first-order valence-electron chi connectivity index (χ1n) is 25.6. The summed E-state index contributed by atoms with van der Waals surface area (Å²) in [4.78, 5) is 4.58. The second kappa shape index (κ2) is 26.0. The van der Waals surface area contributed by atoms with Crippen LogP contribution in [0.1, 0.15) is 22.3 Å². The summed E-state index contributed by atoms with van der Waals surface area (Å²) in [6.07, 6.45) is 8.65. The van der Waals surface area contributed by atoms with Crippen LogP contribution in [0.15, 0.2) is 312 Å². The van der Waals surface area contributed by atoms with Crippen molar-refractivity contribution in [2.45, 2.75) is 0 Å². The van der Waals surface area contributed by atoms with Crippen LogP contribution in [0.4, 0.5) is 45.5 Å². The fourth-order valence-electron chi connectivity index (χ4n) is 8.94. The van der Waals surface area contributed by atoms with Crippen LogP contribution in [0.3, 0.4) is 0 Å². The van der Waals surface area contributed by atoms with Gasteiger partial charge in [0, 0.05) is 54.4 Å². The van der Waals surface area contributed by atoms with Crippen molar-refractivity contribution in [2.75, 3.05) is 15.1 Å². The molecule has 0 radical (unpaired) electrons. The van der Waals surface area contributed by atoms with E-state index >= 15 is 0 Å². The fraction of sp³-hybridized carbons (Fsp3) is 0. The molecule has 5 heteroatoms. The lowest BCUT2D eigenvalue weighted by Gasteiger charge is -2.25. The highest BCUT2D eigenvalue weighted by atomic mass is 79.9. The summed E-state index contributed by atoms with van der Waals surface area (Å²) in [6, 6.07) is 106. The number of nitrogens with one attached hydrogen (secondary N) is 1. The van der Waals surface area contributed by atoms with Crippen LogP contribution in [-0.4, -0.2) is 0 Å². The molecule has 0 amide bonds. The third-order valence-corrected chi connectivity index (χ3v) is 13.8. The number of para-hydroxylation sites is 6. The van der Waals surface area contributed by atoms with E-state index in [0.717, 1.165) is 60.0 Å². The summed E-state index contributed by atoms with van der Waals surface area (Å²) in [5.41, 5.74) is 13.8. The first-order chi connectivity index (χ1) is 38.0. The highest BCUT2D eigenvalue weighted by Crippen LogP contribution is 2.37. The van der Waals surface area contributed by atoms with Gasteiger partial charge >= 0.3 is 0 Å². The maximum absolute atomic E-state index is 3.50. The summed E-state index contributed by atoms with van der Waals surface area (Å²) >= 11 is 6.95. The van der Waals surface area contributed by atoms with Gasteiger partial charge < -0.3 is 15.1 Å². The standard InChI is InChI=1S/C42H32N2.C18H12Br2.C12H11N/c1-5-13-37(14-6-1)43(38-15-7-2-8-16-38)41-28-24-33(25-29-41)21-22-34-23-26-36-32-42(30-27-35(36)31-34)44(39-17-9-3-10-18-39)40-19-11-4-12-20-40;19-17-8-4-13(5-9-17)1-2-14-3-6-16-12-18(20)10-7-15(16)11-14;1-3-7-11(8-4-1)13-12-9-5-2-6-10-12/h1-32H;1-12H;1-10,13H/b22-21+;2-1+;. The molecular formula is C72H55Br2N3. The first kappa shape index (κ1) is 51.5. The number of hydrogen-bond acceptors (Lipinski definition) is 3. The Labute approximate surface area is 469 Å². The number of benzene rings is 12. The normalized spacial score (nSPS) is 10.9. The number of nitrogens with zero attached hydrogens (tertiary/aromatic N) is 2. The van der Waals surface area contributed by atoms with Crippen LogP contribution >= 0.6 is 31.9 Å². The molecule has 0 aromatic heterocycles. The predicted molar refractivity (Wildman–Crippen MR) is 340 cm³/mol. The van der Waals surface area contributed by atoms with Crippen LogP contribution in [0.5, 0.6) is 0 Å². The minimum Gasteiger partial charge on any atom is -0.356 e. The maximum atomic E-state index is 3.50. The van der Waals surface area contributed by atoms with E-state index in [0.29, 0.717) is 0 Å². The second-order valence-corrected chi connectivity index (χ2v) is 20.1. The zero-order valence-corrected chi connectivity index (χ0v) is 45.5. The SMILES string of the molecule is Brc1ccc(/C=C/c2ccc3cc(Br)ccc3c2)cc1.C(=C\c1ccc2cc(N(c3ccccc3)c3ccccc3)ccc2c1)/c1ccc(N(c2ccccc2)c2ccccc2)cc1.c1ccc(Nc2ccccc2)cc1. The molecule has 3 nitrogen and oxygen atoms in total. The van der Waals surface area contributed by atoms with Crippen molar-refractivity contribution in [3.05, 3.63) is 335 Å². The predicted octanol–water partition coefficient (Wildman–Crippen LogP) is 21.9. The second-order valence-electron chi connectivity index (χ2n) is 18.2. The molecule has 0 bridgehead atoms. The Hall–Kier alpha value is -9.00.